The molecule has 0 aliphatic carbocycles. The maximum atomic E-state index is 5.14. The number of benzene rings is 5. The van der Waals surface area contributed by atoms with Crippen molar-refractivity contribution in [2.24, 2.45) is 15.0 Å². The van der Waals surface area contributed by atoms with Gasteiger partial charge in [0.25, 0.3) is 0 Å². The fourth-order valence-electron chi connectivity index (χ4n) is 5.46. The lowest BCUT2D eigenvalue weighted by Gasteiger charge is -2.26. The maximum absolute atomic E-state index is 5.14. The molecule has 2 heterocycles. The van der Waals surface area contributed by atoms with E-state index in [0.29, 0.717) is 18.3 Å². The first-order valence-electron chi connectivity index (χ1n) is 13.6. The Bertz CT molecular complexity index is 1930. The van der Waals surface area contributed by atoms with E-state index in [1.54, 1.807) is 0 Å². The van der Waals surface area contributed by atoms with Gasteiger partial charge in [0.1, 0.15) is 0 Å². The van der Waals surface area contributed by atoms with Crippen molar-refractivity contribution >= 4 is 40.8 Å². The second-order valence-corrected chi connectivity index (χ2v) is 9.83. The van der Waals surface area contributed by atoms with Crippen LogP contribution in [0.25, 0.3) is 27.8 Å². The van der Waals surface area contributed by atoms with E-state index in [1.165, 1.54) is 5.39 Å². The van der Waals surface area contributed by atoms with E-state index in [4.69, 9.17) is 9.98 Å². The van der Waals surface area contributed by atoms with Gasteiger partial charge in [0.05, 0.1) is 34.8 Å². The van der Waals surface area contributed by atoms with E-state index in [2.05, 4.69) is 112 Å². The van der Waals surface area contributed by atoms with Crippen LogP contribution in [0.5, 0.6) is 0 Å². The molecule has 7 rings (SSSR count). The van der Waals surface area contributed by atoms with E-state index in [0.717, 1.165) is 45.0 Å². The maximum Gasteiger partial charge on any atom is 0.232 e. The van der Waals surface area contributed by atoms with Crippen LogP contribution in [0.2, 0.25) is 0 Å². The fraction of sp³-hybridized carbons (Fsp3) is 0.0278. The highest BCUT2D eigenvalue weighted by Gasteiger charge is 2.29. The molecule has 0 radical (unpaired) electrons. The molecule has 5 heteroatoms. The minimum atomic E-state index is 0.467. The smallest absolute Gasteiger partial charge is 0.232 e. The van der Waals surface area contributed by atoms with E-state index < -0.39 is 0 Å². The summed E-state index contributed by atoms with van der Waals surface area (Å²) >= 11 is 0. The van der Waals surface area contributed by atoms with Gasteiger partial charge in [-0.2, -0.15) is 4.99 Å². The Hall–Kier alpha value is -5.55. The highest BCUT2D eigenvalue weighted by Crippen LogP contribution is 2.45. The first-order chi connectivity index (χ1) is 20.3. The van der Waals surface area contributed by atoms with Crippen molar-refractivity contribution in [3.05, 3.63) is 151 Å². The molecule has 0 N–H and O–H groups in total. The molecular formula is C36H27N5. The monoisotopic (exact) mass is 529 g/mol. The van der Waals surface area contributed by atoms with Gasteiger partial charge in [0, 0.05) is 16.5 Å². The highest BCUT2D eigenvalue weighted by molar-refractivity contribution is 6.16. The van der Waals surface area contributed by atoms with Crippen molar-refractivity contribution in [2.45, 2.75) is 6.54 Å². The Morgan fingerprint density at radius 1 is 0.634 bits per heavy atom. The van der Waals surface area contributed by atoms with Crippen LogP contribution in [-0.2, 0) is 6.54 Å². The third-order valence-corrected chi connectivity index (χ3v) is 7.33. The van der Waals surface area contributed by atoms with Gasteiger partial charge in [-0.25, -0.2) is 9.98 Å². The Labute approximate surface area is 239 Å². The number of nitrogens with zero attached hydrogens (tertiary/aromatic N) is 5. The molecule has 0 atom stereocenters. The summed E-state index contributed by atoms with van der Waals surface area (Å²) in [6, 6.07) is 47.8. The van der Waals surface area contributed by atoms with Crippen molar-refractivity contribution in [2.75, 3.05) is 4.90 Å². The number of anilines is 2. The molecule has 196 valence electrons. The predicted molar refractivity (Wildman–Crippen MR) is 171 cm³/mol. The van der Waals surface area contributed by atoms with Crippen LogP contribution in [0.3, 0.4) is 0 Å². The van der Waals surface area contributed by atoms with Gasteiger partial charge in [-0.3, -0.25) is 4.90 Å². The number of hydrogen-bond acceptors (Lipinski definition) is 1. The van der Waals surface area contributed by atoms with Gasteiger partial charge in [-0.1, -0.05) is 109 Å². The molecule has 41 heavy (non-hydrogen) atoms. The summed E-state index contributed by atoms with van der Waals surface area (Å²) in [6.07, 6.45) is 0. The summed E-state index contributed by atoms with van der Waals surface area (Å²) in [6.45, 7) is 4.33. The Balaban J connectivity index is 1.51. The molecule has 1 aliphatic rings. The van der Waals surface area contributed by atoms with Gasteiger partial charge in [0.2, 0.25) is 5.96 Å². The second-order valence-electron chi connectivity index (χ2n) is 9.83. The molecule has 0 bridgehead atoms. The minimum Gasteiger partial charge on any atom is -0.307 e. The molecule has 0 saturated heterocycles. The van der Waals surface area contributed by atoms with Crippen LogP contribution in [0.4, 0.5) is 11.4 Å². The molecule has 5 aromatic carbocycles. The Morgan fingerprint density at radius 3 is 2.05 bits per heavy atom. The van der Waals surface area contributed by atoms with E-state index in [-0.39, 0.29) is 0 Å². The third-order valence-electron chi connectivity index (χ3n) is 7.33. The van der Waals surface area contributed by atoms with Crippen molar-refractivity contribution in [1.82, 2.24) is 4.57 Å². The Morgan fingerprint density at radius 2 is 1.27 bits per heavy atom. The topological polar surface area (TPSA) is 45.2 Å². The van der Waals surface area contributed by atoms with Crippen LogP contribution < -0.4 is 4.90 Å². The standard InChI is InChI=1S/C36H27N5/c1-37-35(27-16-6-3-7-17-27)39-36(38-25-26-14-4-2-5-15-26)41-31-21-11-9-19-29(31)34-24-28-18-8-10-20-30(28)40(34)32-22-12-13-23-33(32)41/h2-24H,1,25H2/b38-36?,39-35-. The number of amidine groups is 1. The van der Waals surface area contributed by atoms with Crippen molar-refractivity contribution < 1.29 is 0 Å². The quantitative estimate of drug-likeness (QED) is 0.168. The van der Waals surface area contributed by atoms with Gasteiger partial charge >= 0.3 is 0 Å². The van der Waals surface area contributed by atoms with Crippen molar-refractivity contribution in [3.8, 4) is 16.9 Å². The summed E-state index contributed by atoms with van der Waals surface area (Å²) in [7, 11) is 0. The first kappa shape index (κ1) is 24.5. The number of para-hydroxylation sites is 4. The van der Waals surface area contributed by atoms with Crippen LogP contribution in [-0.4, -0.2) is 23.1 Å². The second kappa shape index (κ2) is 10.5. The SMILES string of the molecule is C=N/C(=N\C(=NCc1ccccc1)N1c2ccccc2-c2cc3ccccc3n2-c2ccccc21)c1ccccc1. The van der Waals surface area contributed by atoms with Crippen molar-refractivity contribution in [1.29, 1.82) is 0 Å². The summed E-state index contributed by atoms with van der Waals surface area (Å²) in [5.74, 6) is 1.05. The Kier molecular flexibility index (Phi) is 6.30. The normalized spacial score (nSPS) is 12.8. The highest BCUT2D eigenvalue weighted by atomic mass is 15.3. The molecule has 0 saturated carbocycles. The molecule has 1 aromatic heterocycles. The van der Waals surface area contributed by atoms with Gasteiger partial charge < -0.3 is 4.57 Å². The summed E-state index contributed by atoms with van der Waals surface area (Å²) in [5.41, 5.74) is 8.36. The average Bonchev–Trinajstić information content (AvgIpc) is 3.37. The zero-order valence-corrected chi connectivity index (χ0v) is 22.4. The summed E-state index contributed by atoms with van der Waals surface area (Å²) in [4.78, 5) is 16.7. The molecule has 0 spiro atoms. The number of hydrogen-bond donors (Lipinski definition) is 0. The summed E-state index contributed by atoms with van der Waals surface area (Å²) in [5, 5.41) is 1.19. The average molecular weight is 530 g/mol. The zero-order valence-electron chi connectivity index (χ0n) is 22.4. The molecular weight excluding hydrogens is 502 g/mol. The van der Waals surface area contributed by atoms with Gasteiger partial charge in [-0.05, 0) is 42.6 Å². The van der Waals surface area contributed by atoms with Crippen LogP contribution in [0.15, 0.2) is 155 Å². The molecule has 0 unspecified atom stereocenters. The van der Waals surface area contributed by atoms with E-state index in [9.17, 15) is 0 Å². The van der Waals surface area contributed by atoms with Gasteiger partial charge in [0.15, 0.2) is 5.84 Å². The number of rotatable bonds is 3. The van der Waals surface area contributed by atoms with E-state index >= 15 is 0 Å². The zero-order chi connectivity index (χ0) is 27.6. The lowest BCUT2D eigenvalue weighted by molar-refractivity contribution is 1.04. The van der Waals surface area contributed by atoms with Crippen LogP contribution >= 0.6 is 0 Å². The lowest BCUT2D eigenvalue weighted by atomic mass is 10.1. The van der Waals surface area contributed by atoms with Crippen LogP contribution in [0.1, 0.15) is 11.1 Å². The van der Waals surface area contributed by atoms with Crippen molar-refractivity contribution in [3.63, 3.8) is 0 Å². The molecule has 0 fully saturated rings. The largest absolute Gasteiger partial charge is 0.307 e. The fourth-order valence-corrected chi connectivity index (χ4v) is 5.46. The molecule has 1 aliphatic heterocycles. The van der Waals surface area contributed by atoms with Gasteiger partial charge in [-0.15, -0.1) is 0 Å². The number of guanidine groups is 1. The minimum absolute atomic E-state index is 0.467. The predicted octanol–water partition coefficient (Wildman–Crippen LogP) is 8.45. The first-order valence-corrected chi connectivity index (χ1v) is 13.6. The molecule has 5 nitrogen and oxygen atoms in total. The number of aliphatic imine (C=N–C) groups is 3. The summed E-state index contributed by atoms with van der Waals surface area (Å²) < 4.78 is 2.34. The van der Waals surface area contributed by atoms with Crippen LogP contribution in [0, 0.1) is 0 Å². The number of aromatic nitrogens is 1. The third kappa shape index (κ3) is 4.43. The molecule has 6 aromatic rings. The number of fused-ring (bicyclic) bond motifs is 7. The lowest BCUT2D eigenvalue weighted by Crippen LogP contribution is -2.26. The van der Waals surface area contributed by atoms with E-state index in [1.807, 2.05) is 48.5 Å². The molecule has 0 amide bonds.